The number of carbonyl (C=O) groups is 3. The molecule has 1 aliphatic heterocycles. The molecule has 1 heterocycles. The molecular formula is C19H26N2O4. The van der Waals surface area contributed by atoms with Gasteiger partial charge in [-0.3, -0.25) is 14.4 Å². The molecule has 2 rings (SSSR count). The van der Waals surface area contributed by atoms with Crippen LogP contribution in [-0.4, -0.2) is 47.4 Å². The molecule has 25 heavy (non-hydrogen) atoms. The van der Waals surface area contributed by atoms with Gasteiger partial charge in [-0.15, -0.1) is 0 Å². The lowest BCUT2D eigenvalue weighted by Gasteiger charge is -2.27. The largest absolute Gasteiger partial charge is 0.481 e. The zero-order valence-electron chi connectivity index (χ0n) is 14.7. The van der Waals surface area contributed by atoms with Crippen LogP contribution in [0.4, 0.5) is 0 Å². The van der Waals surface area contributed by atoms with Gasteiger partial charge in [0.15, 0.2) is 0 Å². The number of hydrogen-bond donors (Lipinski definition) is 2. The molecule has 1 fully saturated rings. The fourth-order valence-corrected chi connectivity index (χ4v) is 2.99. The highest BCUT2D eigenvalue weighted by molar-refractivity contribution is 5.86. The smallest absolute Gasteiger partial charge is 0.315 e. The number of nitrogens with zero attached hydrogens (tertiary/aromatic N) is 1. The Hall–Kier alpha value is -2.37. The number of nitrogens with one attached hydrogen (secondary N) is 1. The van der Waals surface area contributed by atoms with Crippen LogP contribution in [0.15, 0.2) is 30.3 Å². The first kappa shape index (κ1) is 19.0. The Kier molecular flexibility index (Phi) is 6.56. The van der Waals surface area contributed by atoms with Crippen LogP contribution < -0.4 is 5.32 Å². The number of hydrogen-bond acceptors (Lipinski definition) is 3. The van der Waals surface area contributed by atoms with Gasteiger partial charge in [0.25, 0.3) is 0 Å². The third-order valence-electron chi connectivity index (χ3n) is 4.78. The molecule has 0 saturated carbocycles. The number of rotatable bonds is 6. The first-order chi connectivity index (χ1) is 11.9. The molecule has 0 aliphatic carbocycles. The average molecular weight is 346 g/mol. The average Bonchev–Trinajstić information content (AvgIpc) is 2.60. The molecular weight excluding hydrogens is 320 g/mol. The van der Waals surface area contributed by atoms with Gasteiger partial charge in [0.1, 0.15) is 5.41 Å². The van der Waals surface area contributed by atoms with Crippen molar-refractivity contribution in [1.29, 1.82) is 0 Å². The summed E-state index contributed by atoms with van der Waals surface area (Å²) in [5.41, 5.74) is -0.581. The van der Waals surface area contributed by atoms with Crippen molar-refractivity contribution < 1.29 is 19.5 Å². The molecule has 0 bridgehead atoms. The summed E-state index contributed by atoms with van der Waals surface area (Å²) >= 11 is 0. The third kappa shape index (κ3) is 5.05. The van der Waals surface area contributed by atoms with Gasteiger partial charge in [0.2, 0.25) is 11.8 Å². The minimum atomic E-state index is -1.21. The van der Waals surface area contributed by atoms with E-state index in [-0.39, 0.29) is 24.9 Å². The number of benzene rings is 1. The second kappa shape index (κ2) is 8.65. The lowest BCUT2D eigenvalue weighted by molar-refractivity contribution is -0.143. The molecule has 0 radical (unpaired) electrons. The minimum Gasteiger partial charge on any atom is -0.481 e. The van der Waals surface area contributed by atoms with Crippen molar-refractivity contribution in [1.82, 2.24) is 10.2 Å². The van der Waals surface area contributed by atoms with Crippen LogP contribution in [0.1, 0.15) is 44.6 Å². The van der Waals surface area contributed by atoms with Crippen LogP contribution in [0.3, 0.4) is 0 Å². The Balaban J connectivity index is 1.97. The van der Waals surface area contributed by atoms with E-state index >= 15 is 0 Å². The van der Waals surface area contributed by atoms with Crippen LogP contribution in [0.5, 0.6) is 0 Å². The van der Waals surface area contributed by atoms with Gasteiger partial charge in [-0.05, 0) is 25.3 Å². The first-order valence-corrected chi connectivity index (χ1v) is 8.77. The van der Waals surface area contributed by atoms with E-state index in [0.717, 1.165) is 25.7 Å². The Bertz CT molecular complexity index is 617. The van der Waals surface area contributed by atoms with Crippen LogP contribution in [-0.2, 0) is 19.8 Å². The maximum Gasteiger partial charge on any atom is 0.315 e. The van der Waals surface area contributed by atoms with Gasteiger partial charge in [-0.2, -0.15) is 0 Å². The zero-order chi connectivity index (χ0) is 18.3. The highest BCUT2D eigenvalue weighted by atomic mass is 16.4. The van der Waals surface area contributed by atoms with Gasteiger partial charge in [0.05, 0.1) is 6.54 Å². The van der Waals surface area contributed by atoms with E-state index in [1.165, 1.54) is 0 Å². The van der Waals surface area contributed by atoms with Crippen molar-refractivity contribution in [3.63, 3.8) is 0 Å². The zero-order valence-corrected chi connectivity index (χ0v) is 14.7. The minimum absolute atomic E-state index is 0.00101. The lowest BCUT2D eigenvalue weighted by Crippen LogP contribution is -2.48. The van der Waals surface area contributed by atoms with Gasteiger partial charge in [0, 0.05) is 19.5 Å². The van der Waals surface area contributed by atoms with E-state index in [1.54, 1.807) is 36.1 Å². The highest BCUT2D eigenvalue weighted by Crippen LogP contribution is 2.23. The predicted molar refractivity (Wildman–Crippen MR) is 94.1 cm³/mol. The van der Waals surface area contributed by atoms with Crippen LogP contribution in [0.25, 0.3) is 0 Å². The fraction of sp³-hybridized carbons (Fsp3) is 0.526. The summed E-state index contributed by atoms with van der Waals surface area (Å²) in [6.07, 6.45) is 4.36. The van der Waals surface area contributed by atoms with Crippen molar-refractivity contribution in [2.24, 2.45) is 0 Å². The van der Waals surface area contributed by atoms with Gasteiger partial charge in [-0.25, -0.2) is 0 Å². The molecule has 1 unspecified atom stereocenters. The monoisotopic (exact) mass is 346 g/mol. The maximum absolute atomic E-state index is 12.3. The van der Waals surface area contributed by atoms with Crippen molar-refractivity contribution in [2.45, 2.75) is 44.4 Å². The Morgan fingerprint density at radius 1 is 1.16 bits per heavy atom. The van der Waals surface area contributed by atoms with E-state index in [1.807, 2.05) is 6.07 Å². The van der Waals surface area contributed by atoms with Gasteiger partial charge in [-0.1, -0.05) is 43.2 Å². The molecule has 2 amide bonds. The Morgan fingerprint density at radius 2 is 1.84 bits per heavy atom. The summed E-state index contributed by atoms with van der Waals surface area (Å²) in [5, 5.41) is 12.3. The summed E-state index contributed by atoms with van der Waals surface area (Å²) in [7, 11) is 0. The van der Waals surface area contributed by atoms with Gasteiger partial charge < -0.3 is 15.3 Å². The SMILES string of the molecule is CC(CNC(=O)CN1CCCCCCC1=O)(C(=O)O)c1ccccc1. The standard InChI is InChI=1S/C19H26N2O4/c1-19(18(24)25,15-9-5-4-6-10-15)14-20-16(22)13-21-12-8-3-2-7-11-17(21)23/h4-6,9-10H,2-3,7-8,11-14H2,1H3,(H,20,22)(H,24,25). The van der Waals surface area contributed by atoms with Gasteiger partial charge >= 0.3 is 5.97 Å². The van der Waals surface area contributed by atoms with E-state index in [2.05, 4.69) is 5.32 Å². The van der Waals surface area contributed by atoms with Crippen molar-refractivity contribution in [2.75, 3.05) is 19.6 Å². The highest BCUT2D eigenvalue weighted by Gasteiger charge is 2.35. The number of carboxylic acids is 1. The van der Waals surface area contributed by atoms with E-state index in [0.29, 0.717) is 18.5 Å². The van der Waals surface area contributed by atoms with Crippen molar-refractivity contribution in [3.8, 4) is 0 Å². The molecule has 6 nitrogen and oxygen atoms in total. The summed E-state index contributed by atoms with van der Waals surface area (Å²) in [6.45, 7) is 2.14. The molecule has 0 aromatic heterocycles. The second-order valence-corrected chi connectivity index (χ2v) is 6.76. The molecule has 6 heteroatoms. The summed E-state index contributed by atoms with van der Waals surface area (Å²) < 4.78 is 0. The quantitative estimate of drug-likeness (QED) is 0.824. The van der Waals surface area contributed by atoms with E-state index in [9.17, 15) is 19.5 Å². The summed E-state index contributed by atoms with van der Waals surface area (Å²) in [4.78, 5) is 37.7. The first-order valence-electron chi connectivity index (χ1n) is 8.77. The summed E-state index contributed by atoms with van der Waals surface area (Å²) in [5.74, 6) is -1.32. The fourth-order valence-electron chi connectivity index (χ4n) is 2.99. The van der Waals surface area contributed by atoms with E-state index in [4.69, 9.17) is 0 Å². The number of aliphatic carboxylic acids is 1. The number of amides is 2. The van der Waals surface area contributed by atoms with Crippen molar-refractivity contribution in [3.05, 3.63) is 35.9 Å². The Labute approximate surface area is 148 Å². The Morgan fingerprint density at radius 3 is 2.52 bits per heavy atom. The second-order valence-electron chi connectivity index (χ2n) is 6.76. The van der Waals surface area contributed by atoms with Crippen molar-refractivity contribution >= 4 is 17.8 Å². The van der Waals surface area contributed by atoms with Crippen LogP contribution >= 0.6 is 0 Å². The molecule has 0 spiro atoms. The molecule has 1 saturated heterocycles. The lowest BCUT2D eigenvalue weighted by atomic mass is 9.82. The molecule has 1 aromatic rings. The van der Waals surface area contributed by atoms with Crippen LogP contribution in [0.2, 0.25) is 0 Å². The molecule has 1 aliphatic rings. The maximum atomic E-state index is 12.3. The summed E-state index contributed by atoms with van der Waals surface area (Å²) in [6, 6.07) is 8.84. The number of carbonyl (C=O) groups excluding carboxylic acids is 2. The topological polar surface area (TPSA) is 86.7 Å². The molecule has 2 N–H and O–H groups in total. The predicted octanol–water partition coefficient (Wildman–Crippen LogP) is 1.94. The molecule has 136 valence electrons. The van der Waals surface area contributed by atoms with Crippen LogP contribution in [0, 0.1) is 0 Å². The normalized spacial score (nSPS) is 18.0. The number of likely N-dealkylation sites (tertiary alicyclic amines) is 1. The molecule has 1 aromatic carbocycles. The molecule has 1 atom stereocenters. The third-order valence-corrected chi connectivity index (χ3v) is 4.78. The number of carboxylic acid groups (broad SMARTS) is 1. The van der Waals surface area contributed by atoms with E-state index < -0.39 is 11.4 Å².